The summed E-state index contributed by atoms with van der Waals surface area (Å²) in [5.41, 5.74) is 0.893. The lowest BCUT2D eigenvalue weighted by Crippen LogP contribution is -2.02. The number of rotatable bonds is 2. The van der Waals surface area contributed by atoms with Crippen molar-refractivity contribution in [3.05, 3.63) is 22.2 Å². The number of benzene rings is 1. The summed E-state index contributed by atoms with van der Waals surface area (Å²) in [5.74, 6) is -0.355. The molecule has 0 radical (unpaired) electrons. The molecule has 0 bridgehead atoms. The molecule has 4 nitrogen and oxygen atoms in total. The van der Waals surface area contributed by atoms with Gasteiger partial charge in [0.1, 0.15) is 16.3 Å². The molecule has 15 heavy (non-hydrogen) atoms. The van der Waals surface area contributed by atoms with Crippen LogP contribution in [-0.4, -0.2) is 24.8 Å². The van der Waals surface area contributed by atoms with Crippen LogP contribution >= 0.6 is 11.6 Å². The molecule has 1 heterocycles. The molecule has 1 aliphatic rings. The second-order valence-electron chi connectivity index (χ2n) is 3.16. The second-order valence-corrected chi connectivity index (χ2v) is 3.54. The summed E-state index contributed by atoms with van der Waals surface area (Å²) >= 11 is 5.99. The Hall–Kier alpha value is -1.42. The highest BCUT2D eigenvalue weighted by atomic mass is 35.5. The maximum atomic E-state index is 11.0. The average molecular weight is 229 g/mol. The molecular weight excluding hydrogens is 220 g/mol. The number of hydrogen-bond acceptors (Lipinski definition) is 3. The summed E-state index contributed by atoms with van der Waals surface area (Å²) in [6.45, 7) is 0.529. The monoisotopic (exact) mass is 228 g/mol. The Kier molecular flexibility index (Phi) is 2.44. The number of carboxylic acid groups (broad SMARTS) is 1. The Labute approximate surface area is 91.4 Å². The molecule has 0 aromatic heterocycles. The van der Waals surface area contributed by atoms with Gasteiger partial charge in [0.15, 0.2) is 5.75 Å². The molecule has 0 fully saturated rings. The summed E-state index contributed by atoms with van der Waals surface area (Å²) in [6.07, 6.45) is 0.680. The van der Waals surface area contributed by atoms with Crippen LogP contribution in [0.15, 0.2) is 6.07 Å². The van der Waals surface area contributed by atoms with Gasteiger partial charge in [0.25, 0.3) is 0 Å². The number of methoxy groups -OCH3 is 1. The van der Waals surface area contributed by atoms with Crippen LogP contribution in [-0.2, 0) is 6.42 Å². The topological polar surface area (TPSA) is 55.8 Å². The first-order chi connectivity index (χ1) is 7.15. The first-order valence-corrected chi connectivity index (χ1v) is 4.78. The third-order valence-corrected chi connectivity index (χ3v) is 2.65. The Bertz CT molecular complexity index is 428. The van der Waals surface area contributed by atoms with Crippen LogP contribution in [0.2, 0.25) is 5.02 Å². The van der Waals surface area contributed by atoms with Gasteiger partial charge in [0.05, 0.1) is 13.7 Å². The fourth-order valence-electron chi connectivity index (χ4n) is 1.63. The van der Waals surface area contributed by atoms with Crippen molar-refractivity contribution in [3.8, 4) is 11.5 Å². The smallest absolute Gasteiger partial charge is 0.339 e. The van der Waals surface area contributed by atoms with Gasteiger partial charge in [0.2, 0.25) is 0 Å². The van der Waals surface area contributed by atoms with Crippen LogP contribution in [0.3, 0.4) is 0 Å². The van der Waals surface area contributed by atoms with Crippen molar-refractivity contribution in [2.75, 3.05) is 13.7 Å². The summed E-state index contributed by atoms with van der Waals surface area (Å²) in [5, 5.41) is 9.21. The predicted molar refractivity (Wildman–Crippen MR) is 54.2 cm³/mol. The van der Waals surface area contributed by atoms with E-state index in [9.17, 15) is 4.79 Å². The van der Waals surface area contributed by atoms with E-state index in [1.807, 2.05) is 0 Å². The minimum absolute atomic E-state index is 0.0757. The van der Waals surface area contributed by atoms with E-state index in [2.05, 4.69) is 0 Å². The summed E-state index contributed by atoms with van der Waals surface area (Å²) in [4.78, 5) is 11.0. The Morgan fingerprint density at radius 3 is 3.00 bits per heavy atom. The Morgan fingerprint density at radius 1 is 1.67 bits per heavy atom. The minimum atomic E-state index is -1.05. The van der Waals surface area contributed by atoms with Crippen molar-refractivity contribution in [2.24, 2.45) is 0 Å². The van der Waals surface area contributed by atoms with E-state index in [1.54, 1.807) is 6.07 Å². The van der Waals surface area contributed by atoms with Gasteiger partial charge in [-0.05, 0) is 6.07 Å². The molecule has 0 unspecified atom stereocenters. The molecule has 1 N–H and O–H groups in total. The molecular formula is C10H9ClO4. The average Bonchev–Trinajstić information content (AvgIpc) is 2.65. The minimum Gasteiger partial charge on any atom is -0.494 e. The number of carbonyl (C=O) groups is 1. The van der Waals surface area contributed by atoms with Gasteiger partial charge in [-0.15, -0.1) is 0 Å². The largest absolute Gasteiger partial charge is 0.494 e. The van der Waals surface area contributed by atoms with E-state index in [0.717, 1.165) is 5.56 Å². The maximum absolute atomic E-state index is 11.0. The number of fused-ring (bicyclic) bond motifs is 1. The third kappa shape index (κ3) is 1.51. The van der Waals surface area contributed by atoms with E-state index in [-0.39, 0.29) is 16.3 Å². The molecule has 0 saturated carbocycles. The molecule has 80 valence electrons. The summed E-state index contributed by atoms with van der Waals surface area (Å²) in [6, 6.07) is 1.55. The number of halogens is 1. The lowest BCUT2D eigenvalue weighted by atomic mass is 10.1. The quantitative estimate of drug-likeness (QED) is 0.841. The van der Waals surface area contributed by atoms with E-state index >= 15 is 0 Å². The van der Waals surface area contributed by atoms with Crippen molar-refractivity contribution < 1.29 is 19.4 Å². The first-order valence-electron chi connectivity index (χ1n) is 4.40. The number of aromatic carboxylic acids is 1. The van der Waals surface area contributed by atoms with Gasteiger partial charge in [-0.1, -0.05) is 11.6 Å². The molecule has 5 heteroatoms. The van der Waals surface area contributed by atoms with Crippen LogP contribution in [0, 0.1) is 0 Å². The molecule has 1 aliphatic heterocycles. The van der Waals surface area contributed by atoms with E-state index < -0.39 is 5.97 Å². The molecule has 2 rings (SSSR count). The highest BCUT2D eigenvalue weighted by Crippen LogP contribution is 2.42. The van der Waals surface area contributed by atoms with Crippen molar-refractivity contribution in [2.45, 2.75) is 6.42 Å². The maximum Gasteiger partial charge on any atom is 0.339 e. The van der Waals surface area contributed by atoms with Crippen LogP contribution < -0.4 is 9.47 Å². The lowest BCUT2D eigenvalue weighted by Gasteiger charge is -2.10. The van der Waals surface area contributed by atoms with E-state index in [1.165, 1.54) is 7.11 Å². The standard InChI is InChI=1S/C10H9ClO4/c1-14-9-6(10(12)13)4-5-2-3-15-8(5)7(9)11/h4H,2-3H2,1H3,(H,12,13). The normalized spacial score (nSPS) is 13.2. The highest BCUT2D eigenvalue weighted by molar-refractivity contribution is 6.34. The van der Waals surface area contributed by atoms with Crippen molar-refractivity contribution >= 4 is 17.6 Å². The Balaban J connectivity index is 2.66. The van der Waals surface area contributed by atoms with Crippen LogP contribution in [0.5, 0.6) is 11.5 Å². The third-order valence-electron chi connectivity index (χ3n) is 2.31. The van der Waals surface area contributed by atoms with Gasteiger partial charge >= 0.3 is 5.97 Å². The summed E-state index contributed by atoms with van der Waals surface area (Å²) in [7, 11) is 1.38. The lowest BCUT2D eigenvalue weighted by molar-refractivity contribution is 0.0693. The highest BCUT2D eigenvalue weighted by Gasteiger charge is 2.25. The van der Waals surface area contributed by atoms with Gasteiger partial charge in [-0.2, -0.15) is 0 Å². The van der Waals surface area contributed by atoms with Gasteiger partial charge in [-0.25, -0.2) is 4.79 Å². The zero-order chi connectivity index (χ0) is 11.0. The fourth-order valence-corrected chi connectivity index (χ4v) is 1.99. The summed E-state index contributed by atoms with van der Waals surface area (Å²) < 4.78 is 10.3. The molecule has 0 aliphatic carbocycles. The predicted octanol–water partition coefficient (Wildman–Crippen LogP) is 1.98. The van der Waals surface area contributed by atoms with Gasteiger partial charge in [-0.3, -0.25) is 0 Å². The molecule has 0 atom stereocenters. The first kappa shape index (κ1) is 10.1. The number of carboxylic acids is 1. The molecule has 1 aromatic carbocycles. The molecule has 0 spiro atoms. The molecule has 0 saturated heterocycles. The van der Waals surface area contributed by atoms with E-state index in [4.69, 9.17) is 26.2 Å². The van der Waals surface area contributed by atoms with Crippen LogP contribution in [0.1, 0.15) is 15.9 Å². The SMILES string of the molecule is COc1c(C(=O)O)cc2c(c1Cl)OCC2. The van der Waals surface area contributed by atoms with Crippen molar-refractivity contribution in [1.29, 1.82) is 0 Å². The van der Waals surface area contributed by atoms with Crippen molar-refractivity contribution in [3.63, 3.8) is 0 Å². The van der Waals surface area contributed by atoms with Gasteiger partial charge < -0.3 is 14.6 Å². The molecule has 0 amide bonds. The molecule has 1 aromatic rings. The number of hydrogen-bond donors (Lipinski definition) is 1. The van der Waals surface area contributed by atoms with Gasteiger partial charge in [0, 0.05) is 12.0 Å². The fraction of sp³-hybridized carbons (Fsp3) is 0.300. The second kappa shape index (κ2) is 3.62. The Morgan fingerprint density at radius 2 is 2.40 bits per heavy atom. The van der Waals surface area contributed by atoms with Crippen molar-refractivity contribution in [1.82, 2.24) is 0 Å². The zero-order valence-electron chi connectivity index (χ0n) is 8.04. The number of ether oxygens (including phenoxy) is 2. The van der Waals surface area contributed by atoms with Crippen LogP contribution in [0.4, 0.5) is 0 Å². The van der Waals surface area contributed by atoms with E-state index in [0.29, 0.717) is 18.8 Å². The zero-order valence-corrected chi connectivity index (χ0v) is 8.80. The van der Waals surface area contributed by atoms with Crippen LogP contribution in [0.25, 0.3) is 0 Å².